The smallest absolute Gasteiger partial charge is 0.261 e. The molecule has 0 aliphatic carbocycles. The van der Waals surface area contributed by atoms with Gasteiger partial charge in [0.15, 0.2) is 0 Å². The van der Waals surface area contributed by atoms with Crippen molar-refractivity contribution in [3.05, 3.63) is 72.3 Å². The monoisotopic (exact) mass is 383 g/mol. The molecule has 0 aliphatic rings. The summed E-state index contributed by atoms with van der Waals surface area (Å²) in [5.74, 6) is 0.583. The van der Waals surface area contributed by atoms with Crippen molar-refractivity contribution in [3.8, 4) is 5.75 Å². The number of hydrogen-bond donors (Lipinski definition) is 3. The van der Waals surface area contributed by atoms with Crippen LogP contribution >= 0.6 is 0 Å². The molecule has 0 atom stereocenters. The van der Waals surface area contributed by atoms with Crippen molar-refractivity contribution in [2.24, 2.45) is 0 Å². The molecule has 0 bridgehead atoms. The molecule has 27 heavy (non-hydrogen) atoms. The SMILES string of the molecule is COc1ccc(S(=O)(=O)Nc2cccc(N)c2Nc2ccc(C)cc2)cc1. The highest BCUT2D eigenvalue weighted by molar-refractivity contribution is 7.92. The van der Waals surface area contributed by atoms with E-state index in [-0.39, 0.29) is 4.90 Å². The maximum Gasteiger partial charge on any atom is 0.261 e. The number of ether oxygens (including phenoxy) is 1. The van der Waals surface area contributed by atoms with Crippen LogP contribution in [0.2, 0.25) is 0 Å². The largest absolute Gasteiger partial charge is 0.497 e. The molecule has 0 amide bonds. The van der Waals surface area contributed by atoms with Crippen molar-refractivity contribution in [1.82, 2.24) is 0 Å². The Bertz CT molecular complexity index is 1030. The van der Waals surface area contributed by atoms with Gasteiger partial charge in [-0.05, 0) is 55.5 Å². The van der Waals surface area contributed by atoms with Crippen LogP contribution in [0.1, 0.15) is 5.56 Å². The Balaban J connectivity index is 1.92. The van der Waals surface area contributed by atoms with Gasteiger partial charge in [-0.25, -0.2) is 8.42 Å². The summed E-state index contributed by atoms with van der Waals surface area (Å²) in [5.41, 5.74) is 9.32. The summed E-state index contributed by atoms with van der Waals surface area (Å²) < 4.78 is 33.2. The highest BCUT2D eigenvalue weighted by Crippen LogP contribution is 2.33. The highest BCUT2D eigenvalue weighted by atomic mass is 32.2. The number of anilines is 4. The zero-order valence-corrected chi connectivity index (χ0v) is 15.9. The van der Waals surface area contributed by atoms with Crippen LogP contribution in [-0.2, 0) is 10.0 Å². The van der Waals surface area contributed by atoms with Crippen LogP contribution in [0.15, 0.2) is 71.6 Å². The lowest BCUT2D eigenvalue weighted by Crippen LogP contribution is -2.14. The maximum absolute atomic E-state index is 12.7. The molecule has 0 aromatic heterocycles. The average Bonchev–Trinajstić information content (AvgIpc) is 2.66. The summed E-state index contributed by atoms with van der Waals surface area (Å²) in [6.07, 6.45) is 0. The van der Waals surface area contributed by atoms with E-state index in [1.54, 1.807) is 30.3 Å². The van der Waals surface area contributed by atoms with Crippen LogP contribution in [0.5, 0.6) is 5.75 Å². The molecule has 3 aromatic rings. The topological polar surface area (TPSA) is 93.5 Å². The van der Waals surface area contributed by atoms with Crippen LogP contribution in [0, 0.1) is 6.92 Å². The number of sulfonamides is 1. The van der Waals surface area contributed by atoms with Gasteiger partial charge in [-0.15, -0.1) is 0 Å². The molecule has 6 nitrogen and oxygen atoms in total. The molecule has 4 N–H and O–H groups in total. The number of benzene rings is 3. The molecule has 0 fully saturated rings. The fourth-order valence-electron chi connectivity index (χ4n) is 2.53. The predicted molar refractivity (Wildman–Crippen MR) is 109 cm³/mol. The van der Waals surface area contributed by atoms with Crippen LogP contribution in [0.4, 0.5) is 22.7 Å². The first kappa shape index (κ1) is 18.6. The fourth-order valence-corrected chi connectivity index (χ4v) is 3.61. The first-order valence-electron chi connectivity index (χ1n) is 8.28. The molecule has 0 heterocycles. The third-order valence-corrected chi connectivity index (χ3v) is 5.41. The van der Waals surface area contributed by atoms with Crippen molar-refractivity contribution >= 4 is 32.8 Å². The second-order valence-corrected chi connectivity index (χ2v) is 7.72. The number of methoxy groups -OCH3 is 1. The number of nitrogens with one attached hydrogen (secondary N) is 2. The molecule has 0 radical (unpaired) electrons. The molecule has 0 aliphatic heterocycles. The molecule has 140 valence electrons. The third kappa shape index (κ3) is 4.32. The Morgan fingerprint density at radius 3 is 2.22 bits per heavy atom. The molecule has 0 saturated carbocycles. The standard InChI is InChI=1S/C20H21N3O3S/c1-14-6-8-15(9-7-14)22-20-18(21)4-3-5-19(20)23-27(24,25)17-12-10-16(26-2)11-13-17/h3-13,22-23H,21H2,1-2H3. The normalized spacial score (nSPS) is 11.0. The van der Waals surface area contributed by atoms with E-state index >= 15 is 0 Å². The fraction of sp³-hybridized carbons (Fsp3) is 0.100. The molecule has 3 rings (SSSR count). The van der Waals surface area contributed by atoms with Crippen LogP contribution in [0.25, 0.3) is 0 Å². The zero-order valence-electron chi connectivity index (χ0n) is 15.1. The van der Waals surface area contributed by atoms with E-state index < -0.39 is 10.0 Å². The summed E-state index contributed by atoms with van der Waals surface area (Å²) in [7, 11) is -2.25. The van der Waals surface area contributed by atoms with Crippen LogP contribution in [0.3, 0.4) is 0 Å². The van der Waals surface area contributed by atoms with E-state index in [9.17, 15) is 8.42 Å². The number of para-hydroxylation sites is 1. The van der Waals surface area contributed by atoms with Crippen LogP contribution < -0.4 is 20.5 Å². The Morgan fingerprint density at radius 1 is 0.926 bits per heavy atom. The first-order valence-corrected chi connectivity index (χ1v) is 9.76. The Kier molecular flexibility index (Phi) is 5.23. The Labute approximate surface area is 159 Å². The van der Waals surface area contributed by atoms with E-state index in [1.807, 2.05) is 31.2 Å². The molecular weight excluding hydrogens is 362 g/mol. The Morgan fingerprint density at radius 2 is 1.59 bits per heavy atom. The summed E-state index contributed by atoms with van der Waals surface area (Å²) in [5, 5.41) is 3.19. The first-order chi connectivity index (χ1) is 12.9. The van der Waals surface area contributed by atoms with E-state index in [4.69, 9.17) is 10.5 Å². The van der Waals surface area contributed by atoms with E-state index in [1.165, 1.54) is 19.2 Å². The lowest BCUT2D eigenvalue weighted by molar-refractivity contribution is 0.414. The van der Waals surface area contributed by atoms with Gasteiger partial charge in [-0.2, -0.15) is 0 Å². The third-order valence-electron chi connectivity index (χ3n) is 4.03. The van der Waals surface area contributed by atoms with Crippen molar-refractivity contribution in [1.29, 1.82) is 0 Å². The van der Waals surface area contributed by atoms with Crippen molar-refractivity contribution in [2.75, 3.05) is 22.9 Å². The summed E-state index contributed by atoms with van der Waals surface area (Å²) in [4.78, 5) is 0.131. The maximum atomic E-state index is 12.7. The summed E-state index contributed by atoms with van der Waals surface area (Å²) in [6, 6.07) is 19.0. The summed E-state index contributed by atoms with van der Waals surface area (Å²) in [6.45, 7) is 2.00. The molecule has 7 heteroatoms. The minimum atomic E-state index is -3.78. The quantitative estimate of drug-likeness (QED) is 0.557. The van der Waals surface area contributed by atoms with Gasteiger partial charge in [0.1, 0.15) is 5.75 Å². The second kappa shape index (κ2) is 7.59. The van der Waals surface area contributed by atoms with Gasteiger partial charge in [0.2, 0.25) is 0 Å². The van der Waals surface area contributed by atoms with Gasteiger partial charge >= 0.3 is 0 Å². The molecule has 0 unspecified atom stereocenters. The number of nitrogens with two attached hydrogens (primary N) is 1. The molecule has 3 aromatic carbocycles. The number of nitrogen functional groups attached to an aromatic ring is 1. The summed E-state index contributed by atoms with van der Waals surface area (Å²) >= 11 is 0. The van der Waals surface area contributed by atoms with Crippen LogP contribution in [-0.4, -0.2) is 15.5 Å². The van der Waals surface area contributed by atoms with Crippen molar-refractivity contribution in [2.45, 2.75) is 11.8 Å². The Hall–Kier alpha value is -3.19. The molecule has 0 spiro atoms. The number of aryl methyl sites for hydroxylation is 1. The van der Waals surface area contributed by atoms with Gasteiger partial charge < -0.3 is 15.8 Å². The van der Waals surface area contributed by atoms with Gasteiger partial charge in [0, 0.05) is 5.69 Å². The number of hydrogen-bond acceptors (Lipinski definition) is 5. The average molecular weight is 383 g/mol. The highest BCUT2D eigenvalue weighted by Gasteiger charge is 2.17. The van der Waals surface area contributed by atoms with Crippen molar-refractivity contribution < 1.29 is 13.2 Å². The number of rotatable bonds is 6. The predicted octanol–water partition coefficient (Wildman–Crippen LogP) is 4.13. The van der Waals surface area contributed by atoms with Gasteiger partial charge in [-0.1, -0.05) is 23.8 Å². The second-order valence-electron chi connectivity index (χ2n) is 6.04. The van der Waals surface area contributed by atoms with Crippen molar-refractivity contribution in [3.63, 3.8) is 0 Å². The van der Waals surface area contributed by atoms with Gasteiger partial charge in [0.25, 0.3) is 10.0 Å². The molecular formula is C20H21N3O3S. The van der Waals surface area contributed by atoms with E-state index in [2.05, 4.69) is 10.0 Å². The lowest BCUT2D eigenvalue weighted by atomic mass is 10.2. The van der Waals surface area contributed by atoms with Gasteiger partial charge in [-0.3, -0.25) is 4.72 Å². The van der Waals surface area contributed by atoms with Gasteiger partial charge in [0.05, 0.1) is 29.1 Å². The minimum absolute atomic E-state index is 0.131. The van der Waals surface area contributed by atoms with E-state index in [0.717, 1.165) is 11.3 Å². The minimum Gasteiger partial charge on any atom is -0.497 e. The van der Waals surface area contributed by atoms with E-state index in [0.29, 0.717) is 22.8 Å². The lowest BCUT2D eigenvalue weighted by Gasteiger charge is -2.16. The molecule has 0 saturated heterocycles. The zero-order chi connectivity index (χ0) is 19.4.